The zero-order valence-electron chi connectivity index (χ0n) is 11.9. The Kier molecular flexibility index (Phi) is 4.66. The molecule has 1 atom stereocenters. The van der Waals surface area contributed by atoms with Crippen molar-refractivity contribution in [2.45, 2.75) is 26.1 Å². The normalized spacial score (nSPS) is 12.2. The molecule has 0 saturated heterocycles. The van der Waals surface area contributed by atoms with E-state index in [1.54, 1.807) is 13.0 Å². The molecular weight excluding hydrogens is 275 g/mol. The van der Waals surface area contributed by atoms with E-state index in [0.717, 1.165) is 22.4 Å². The van der Waals surface area contributed by atoms with E-state index in [1.165, 1.54) is 6.07 Å². The quantitative estimate of drug-likeness (QED) is 0.706. The minimum absolute atomic E-state index is 0.237. The second-order valence-electron chi connectivity index (χ2n) is 4.85. The molecule has 0 aliphatic rings. The molecule has 3 heteroatoms. The second kappa shape index (κ2) is 6.27. The summed E-state index contributed by atoms with van der Waals surface area (Å²) in [7, 11) is 0. The Hall–Kier alpha value is -1.54. The fourth-order valence-corrected chi connectivity index (χ4v) is 2.41. The zero-order valence-corrected chi connectivity index (χ0v) is 12.7. The van der Waals surface area contributed by atoms with Crippen molar-refractivity contribution in [1.29, 1.82) is 0 Å². The molecule has 0 bridgehead atoms. The van der Waals surface area contributed by atoms with Crippen LogP contribution in [0.4, 0.5) is 4.39 Å². The van der Waals surface area contributed by atoms with Gasteiger partial charge in [-0.15, -0.1) is 11.6 Å². The predicted octanol–water partition coefficient (Wildman–Crippen LogP) is 5.17. The van der Waals surface area contributed by atoms with E-state index in [4.69, 9.17) is 16.3 Å². The lowest BCUT2D eigenvalue weighted by Gasteiger charge is -2.16. The molecule has 0 aliphatic heterocycles. The minimum Gasteiger partial charge on any atom is -0.494 e. The van der Waals surface area contributed by atoms with Crippen LogP contribution in [0.15, 0.2) is 36.4 Å². The Morgan fingerprint density at radius 3 is 2.55 bits per heavy atom. The van der Waals surface area contributed by atoms with E-state index in [2.05, 4.69) is 0 Å². The van der Waals surface area contributed by atoms with Gasteiger partial charge >= 0.3 is 0 Å². The van der Waals surface area contributed by atoms with Gasteiger partial charge in [-0.25, -0.2) is 4.39 Å². The maximum Gasteiger partial charge on any atom is 0.126 e. The number of hydrogen-bond acceptors (Lipinski definition) is 1. The summed E-state index contributed by atoms with van der Waals surface area (Å²) in [6, 6.07) is 11.0. The van der Waals surface area contributed by atoms with Crippen LogP contribution in [0.5, 0.6) is 5.75 Å². The van der Waals surface area contributed by atoms with Gasteiger partial charge in [-0.1, -0.05) is 29.8 Å². The number of rotatable bonds is 4. The fraction of sp³-hybridized carbons (Fsp3) is 0.294. The largest absolute Gasteiger partial charge is 0.494 e. The predicted molar refractivity (Wildman–Crippen MR) is 81.2 cm³/mol. The lowest BCUT2D eigenvalue weighted by Crippen LogP contribution is -2.01. The van der Waals surface area contributed by atoms with E-state index >= 15 is 0 Å². The molecule has 0 spiro atoms. The van der Waals surface area contributed by atoms with Crippen LogP contribution in [0.1, 0.15) is 34.6 Å². The van der Waals surface area contributed by atoms with Gasteiger partial charge in [0.05, 0.1) is 12.0 Å². The maximum atomic E-state index is 13.7. The first-order valence-electron chi connectivity index (χ1n) is 6.66. The first-order chi connectivity index (χ1) is 9.52. The molecule has 1 nitrogen and oxygen atoms in total. The van der Waals surface area contributed by atoms with Crippen molar-refractivity contribution in [1.82, 2.24) is 0 Å². The monoisotopic (exact) mass is 292 g/mol. The minimum atomic E-state index is -0.424. The van der Waals surface area contributed by atoms with Gasteiger partial charge in [-0.05, 0) is 44.0 Å². The molecule has 2 rings (SSSR count). The van der Waals surface area contributed by atoms with Crippen LogP contribution in [-0.4, -0.2) is 6.61 Å². The van der Waals surface area contributed by atoms with Crippen LogP contribution in [0.2, 0.25) is 0 Å². The first kappa shape index (κ1) is 14.9. The van der Waals surface area contributed by atoms with Crippen LogP contribution in [0.3, 0.4) is 0 Å². The molecule has 0 radical (unpaired) electrons. The number of hydrogen-bond donors (Lipinski definition) is 0. The molecule has 0 heterocycles. The Bertz CT molecular complexity index is 610. The van der Waals surface area contributed by atoms with Crippen molar-refractivity contribution < 1.29 is 9.13 Å². The SMILES string of the molecule is CCOc1ccc(C)cc1C(Cl)c1ccc(C)c(F)c1. The molecule has 0 aromatic heterocycles. The van der Waals surface area contributed by atoms with Crippen LogP contribution >= 0.6 is 11.6 Å². The number of alkyl halides is 1. The molecule has 2 aromatic carbocycles. The van der Waals surface area contributed by atoms with Gasteiger partial charge in [0.2, 0.25) is 0 Å². The van der Waals surface area contributed by atoms with E-state index in [0.29, 0.717) is 12.2 Å². The molecule has 20 heavy (non-hydrogen) atoms. The Labute approximate surface area is 124 Å². The topological polar surface area (TPSA) is 9.23 Å². The zero-order chi connectivity index (χ0) is 14.7. The lowest BCUT2D eigenvalue weighted by atomic mass is 10.0. The summed E-state index contributed by atoms with van der Waals surface area (Å²) in [4.78, 5) is 0. The molecular formula is C17H18ClFO. The molecule has 0 amide bonds. The summed E-state index contributed by atoms with van der Waals surface area (Å²) in [6.07, 6.45) is 0. The summed E-state index contributed by atoms with van der Waals surface area (Å²) in [5, 5.41) is -0.424. The van der Waals surface area contributed by atoms with Crippen LogP contribution < -0.4 is 4.74 Å². The third kappa shape index (κ3) is 3.13. The van der Waals surface area contributed by atoms with Gasteiger partial charge in [0, 0.05) is 5.56 Å². The number of aryl methyl sites for hydroxylation is 2. The average molecular weight is 293 g/mol. The highest BCUT2D eigenvalue weighted by atomic mass is 35.5. The summed E-state index contributed by atoms with van der Waals surface area (Å²) in [5.74, 6) is 0.512. The first-order valence-corrected chi connectivity index (χ1v) is 7.10. The molecule has 1 unspecified atom stereocenters. The third-order valence-corrected chi connectivity index (χ3v) is 3.71. The smallest absolute Gasteiger partial charge is 0.126 e. The average Bonchev–Trinajstić information content (AvgIpc) is 2.43. The maximum absolute atomic E-state index is 13.7. The summed E-state index contributed by atoms with van der Waals surface area (Å²) in [5.41, 5.74) is 3.33. The Morgan fingerprint density at radius 1 is 1.15 bits per heavy atom. The Morgan fingerprint density at radius 2 is 1.90 bits per heavy atom. The van der Waals surface area contributed by atoms with Gasteiger partial charge in [0.15, 0.2) is 0 Å². The van der Waals surface area contributed by atoms with Crippen molar-refractivity contribution in [3.63, 3.8) is 0 Å². The number of ether oxygens (including phenoxy) is 1. The summed E-state index contributed by atoms with van der Waals surface area (Å²) < 4.78 is 19.3. The van der Waals surface area contributed by atoms with Crippen LogP contribution in [-0.2, 0) is 0 Å². The molecule has 0 aliphatic carbocycles. The lowest BCUT2D eigenvalue weighted by molar-refractivity contribution is 0.336. The summed E-state index contributed by atoms with van der Waals surface area (Å²) >= 11 is 6.52. The van der Waals surface area contributed by atoms with Gasteiger partial charge < -0.3 is 4.74 Å². The Balaban J connectivity index is 2.43. The van der Waals surface area contributed by atoms with Gasteiger partial charge in [-0.3, -0.25) is 0 Å². The third-order valence-electron chi connectivity index (χ3n) is 3.23. The highest BCUT2D eigenvalue weighted by Crippen LogP contribution is 2.36. The fourth-order valence-electron chi connectivity index (χ4n) is 2.10. The van der Waals surface area contributed by atoms with Crippen LogP contribution in [0.25, 0.3) is 0 Å². The molecule has 106 valence electrons. The number of halogens is 2. The molecule has 0 saturated carbocycles. The second-order valence-corrected chi connectivity index (χ2v) is 5.28. The molecule has 0 fully saturated rings. The van der Waals surface area contributed by atoms with Gasteiger partial charge in [0.1, 0.15) is 11.6 Å². The van der Waals surface area contributed by atoms with Gasteiger partial charge in [0.25, 0.3) is 0 Å². The van der Waals surface area contributed by atoms with Crippen molar-refractivity contribution in [2.75, 3.05) is 6.61 Å². The van der Waals surface area contributed by atoms with Crippen molar-refractivity contribution in [3.8, 4) is 5.75 Å². The molecule has 2 aromatic rings. The van der Waals surface area contributed by atoms with Crippen molar-refractivity contribution >= 4 is 11.6 Å². The van der Waals surface area contributed by atoms with E-state index in [9.17, 15) is 4.39 Å². The van der Waals surface area contributed by atoms with Crippen molar-refractivity contribution in [3.05, 3.63) is 64.5 Å². The van der Waals surface area contributed by atoms with Gasteiger partial charge in [-0.2, -0.15) is 0 Å². The summed E-state index contributed by atoms with van der Waals surface area (Å²) in [6.45, 7) is 6.24. The van der Waals surface area contributed by atoms with E-state index in [-0.39, 0.29) is 5.82 Å². The van der Waals surface area contributed by atoms with E-state index in [1.807, 2.05) is 38.1 Å². The standard InChI is InChI=1S/C17H18ClFO/c1-4-20-16-8-5-11(2)9-14(16)17(18)13-7-6-12(3)15(19)10-13/h5-10,17H,4H2,1-3H3. The van der Waals surface area contributed by atoms with Crippen LogP contribution in [0, 0.1) is 19.7 Å². The van der Waals surface area contributed by atoms with E-state index < -0.39 is 5.38 Å². The number of benzene rings is 2. The molecule has 0 N–H and O–H groups in total. The van der Waals surface area contributed by atoms with Crippen molar-refractivity contribution in [2.24, 2.45) is 0 Å². The highest BCUT2D eigenvalue weighted by Gasteiger charge is 2.17. The highest BCUT2D eigenvalue weighted by molar-refractivity contribution is 6.22.